The van der Waals surface area contributed by atoms with Crippen molar-refractivity contribution in [2.75, 3.05) is 7.11 Å². The van der Waals surface area contributed by atoms with E-state index in [2.05, 4.69) is 15.9 Å². The third kappa shape index (κ3) is 2.98. The van der Waals surface area contributed by atoms with E-state index in [4.69, 9.17) is 15.6 Å². The first-order valence-corrected chi connectivity index (χ1v) is 5.98. The van der Waals surface area contributed by atoms with Crippen LogP contribution in [0.2, 0.25) is 0 Å². The van der Waals surface area contributed by atoms with Gasteiger partial charge in [-0.25, -0.2) is 0 Å². The Morgan fingerprint density at radius 2 is 2.18 bits per heavy atom. The van der Waals surface area contributed by atoms with Crippen LogP contribution in [0.4, 0.5) is 0 Å². The van der Waals surface area contributed by atoms with Crippen molar-refractivity contribution in [3.8, 4) is 5.75 Å². The number of methoxy groups -OCH3 is 1. The first-order chi connectivity index (χ1) is 7.88. The number of aryl methyl sites for hydroxylation is 1. The molecule has 0 saturated carbocycles. The molecule has 1 aromatic rings. The monoisotopic (exact) mass is 301 g/mol. The number of aliphatic carboxylic acids is 1. The molecule has 94 valence electrons. The van der Waals surface area contributed by atoms with Crippen molar-refractivity contribution < 1.29 is 14.6 Å². The van der Waals surface area contributed by atoms with Crippen LogP contribution in [0.3, 0.4) is 0 Å². The Kier molecular flexibility index (Phi) is 4.54. The lowest BCUT2D eigenvalue weighted by Crippen LogP contribution is -2.17. The molecule has 0 saturated heterocycles. The van der Waals surface area contributed by atoms with Gasteiger partial charge in [0.25, 0.3) is 0 Å². The predicted octanol–water partition coefficient (Wildman–Crippen LogP) is 2.55. The van der Waals surface area contributed by atoms with Gasteiger partial charge in [-0.15, -0.1) is 0 Å². The van der Waals surface area contributed by atoms with Crippen LogP contribution in [0, 0.1) is 13.8 Å². The molecular formula is C12H16BrNO3. The number of carboxylic acid groups (broad SMARTS) is 1. The van der Waals surface area contributed by atoms with Crippen LogP contribution in [0.15, 0.2) is 10.5 Å². The Bertz CT molecular complexity index is 446. The Balaban J connectivity index is 3.31. The van der Waals surface area contributed by atoms with Crippen LogP contribution in [-0.2, 0) is 4.79 Å². The van der Waals surface area contributed by atoms with Gasteiger partial charge in [-0.05, 0) is 25.5 Å². The molecule has 0 aromatic heterocycles. The summed E-state index contributed by atoms with van der Waals surface area (Å²) in [5.74, 6) is -0.259. The van der Waals surface area contributed by atoms with Crippen molar-refractivity contribution in [3.63, 3.8) is 0 Å². The Morgan fingerprint density at radius 3 is 2.65 bits per heavy atom. The molecule has 5 heteroatoms. The molecule has 0 heterocycles. The second kappa shape index (κ2) is 5.51. The summed E-state index contributed by atoms with van der Waals surface area (Å²) in [6, 6.07) is 1.36. The van der Waals surface area contributed by atoms with Crippen molar-refractivity contribution in [2.45, 2.75) is 26.3 Å². The van der Waals surface area contributed by atoms with Crippen LogP contribution in [0.5, 0.6) is 5.75 Å². The van der Waals surface area contributed by atoms with Crippen molar-refractivity contribution in [2.24, 2.45) is 5.73 Å². The molecule has 0 bridgehead atoms. The molecule has 0 aliphatic rings. The van der Waals surface area contributed by atoms with Crippen molar-refractivity contribution >= 4 is 21.9 Å². The zero-order chi connectivity index (χ0) is 13.2. The lowest BCUT2D eigenvalue weighted by Gasteiger charge is -2.19. The second-order valence-electron chi connectivity index (χ2n) is 3.95. The first-order valence-electron chi connectivity index (χ1n) is 5.19. The van der Waals surface area contributed by atoms with Gasteiger partial charge in [-0.3, -0.25) is 4.79 Å². The highest BCUT2D eigenvalue weighted by Crippen LogP contribution is 2.36. The van der Waals surface area contributed by atoms with Gasteiger partial charge in [-0.2, -0.15) is 0 Å². The maximum Gasteiger partial charge on any atom is 0.305 e. The fourth-order valence-electron chi connectivity index (χ4n) is 1.88. The quantitative estimate of drug-likeness (QED) is 0.896. The van der Waals surface area contributed by atoms with E-state index in [1.165, 1.54) is 0 Å². The number of hydrogen-bond donors (Lipinski definition) is 2. The molecule has 0 spiro atoms. The highest BCUT2D eigenvalue weighted by atomic mass is 79.9. The number of halogens is 1. The van der Waals surface area contributed by atoms with E-state index >= 15 is 0 Å². The average Bonchev–Trinajstić information content (AvgIpc) is 2.21. The van der Waals surface area contributed by atoms with E-state index in [9.17, 15) is 4.79 Å². The van der Waals surface area contributed by atoms with Crippen LogP contribution in [0.1, 0.15) is 29.2 Å². The topological polar surface area (TPSA) is 72.5 Å². The van der Waals surface area contributed by atoms with Crippen molar-refractivity contribution in [1.82, 2.24) is 0 Å². The van der Waals surface area contributed by atoms with E-state index < -0.39 is 12.0 Å². The Morgan fingerprint density at radius 1 is 1.59 bits per heavy atom. The lowest BCUT2D eigenvalue weighted by molar-refractivity contribution is -0.137. The fourth-order valence-corrected chi connectivity index (χ4v) is 2.40. The largest absolute Gasteiger partial charge is 0.496 e. The lowest BCUT2D eigenvalue weighted by atomic mass is 9.96. The number of benzene rings is 1. The minimum atomic E-state index is -0.917. The molecule has 0 aliphatic carbocycles. The predicted molar refractivity (Wildman–Crippen MR) is 69.3 cm³/mol. The smallest absolute Gasteiger partial charge is 0.305 e. The van der Waals surface area contributed by atoms with Gasteiger partial charge in [0.15, 0.2) is 0 Å². The van der Waals surface area contributed by atoms with Gasteiger partial charge in [0.1, 0.15) is 5.75 Å². The number of carbonyl (C=O) groups is 1. The number of ether oxygens (including phenoxy) is 1. The summed E-state index contributed by atoms with van der Waals surface area (Å²) in [6.07, 6.45) is -0.113. The molecule has 1 unspecified atom stereocenters. The van der Waals surface area contributed by atoms with Gasteiger partial charge < -0.3 is 15.6 Å². The second-order valence-corrected chi connectivity index (χ2v) is 4.81. The zero-order valence-electron chi connectivity index (χ0n) is 10.1. The van der Waals surface area contributed by atoms with Gasteiger partial charge in [0, 0.05) is 21.6 Å². The molecule has 0 aliphatic heterocycles. The standard InChI is InChI=1S/C12H16BrNO3/c1-6-4-8(13)7(2)12(17-3)11(6)9(14)5-10(15)16/h4,9H,5,14H2,1-3H3,(H,15,16). The van der Waals surface area contributed by atoms with E-state index in [0.717, 1.165) is 21.2 Å². The number of rotatable bonds is 4. The van der Waals surface area contributed by atoms with E-state index in [-0.39, 0.29) is 6.42 Å². The van der Waals surface area contributed by atoms with Crippen LogP contribution in [-0.4, -0.2) is 18.2 Å². The van der Waals surface area contributed by atoms with Gasteiger partial charge >= 0.3 is 5.97 Å². The van der Waals surface area contributed by atoms with E-state index in [0.29, 0.717) is 5.75 Å². The van der Waals surface area contributed by atoms with Gasteiger partial charge in [-0.1, -0.05) is 15.9 Å². The molecule has 1 rings (SSSR count). The summed E-state index contributed by atoms with van der Waals surface area (Å²) in [7, 11) is 1.56. The van der Waals surface area contributed by atoms with Crippen molar-refractivity contribution in [3.05, 3.63) is 27.2 Å². The Labute approximate surface area is 109 Å². The van der Waals surface area contributed by atoms with E-state index in [1.807, 2.05) is 19.9 Å². The molecule has 17 heavy (non-hydrogen) atoms. The summed E-state index contributed by atoms with van der Waals surface area (Å²) >= 11 is 3.43. The highest BCUT2D eigenvalue weighted by Gasteiger charge is 2.20. The normalized spacial score (nSPS) is 12.3. The molecule has 3 N–H and O–H groups in total. The molecule has 1 aromatic carbocycles. The summed E-state index contributed by atoms with van der Waals surface area (Å²) in [6.45, 7) is 3.79. The summed E-state index contributed by atoms with van der Waals surface area (Å²) in [5.41, 5.74) is 8.52. The SMILES string of the molecule is COc1c(C)c(Br)cc(C)c1C(N)CC(=O)O. The fraction of sp³-hybridized carbons (Fsp3) is 0.417. The molecule has 0 fully saturated rings. The van der Waals surface area contributed by atoms with Crippen LogP contribution in [0.25, 0.3) is 0 Å². The molecule has 4 nitrogen and oxygen atoms in total. The number of nitrogens with two attached hydrogens (primary N) is 1. The van der Waals surface area contributed by atoms with E-state index in [1.54, 1.807) is 7.11 Å². The average molecular weight is 302 g/mol. The number of carboxylic acids is 1. The van der Waals surface area contributed by atoms with Gasteiger partial charge in [0.05, 0.1) is 13.5 Å². The third-order valence-corrected chi connectivity index (χ3v) is 3.50. The summed E-state index contributed by atoms with van der Waals surface area (Å²) in [4.78, 5) is 10.7. The van der Waals surface area contributed by atoms with Crippen LogP contribution < -0.4 is 10.5 Å². The number of hydrogen-bond acceptors (Lipinski definition) is 3. The molecule has 0 radical (unpaired) electrons. The minimum Gasteiger partial charge on any atom is -0.496 e. The maximum absolute atomic E-state index is 10.7. The molecular weight excluding hydrogens is 286 g/mol. The first kappa shape index (κ1) is 14.0. The Hall–Kier alpha value is -1.07. The molecule has 1 atom stereocenters. The summed E-state index contributed by atoms with van der Waals surface area (Å²) < 4.78 is 6.27. The maximum atomic E-state index is 10.7. The highest BCUT2D eigenvalue weighted by molar-refractivity contribution is 9.10. The zero-order valence-corrected chi connectivity index (χ0v) is 11.7. The van der Waals surface area contributed by atoms with Crippen molar-refractivity contribution in [1.29, 1.82) is 0 Å². The van der Waals surface area contributed by atoms with Crippen LogP contribution >= 0.6 is 15.9 Å². The minimum absolute atomic E-state index is 0.113. The summed E-state index contributed by atoms with van der Waals surface area (Å²) in [5, 5.41) is 8.79. The third-order valence-electron chi connectivity index (χ3n) is 2.68. The molecule has 0 amide bonds. The van der Waals surface area contributed by atoms with Gasteiger partial charge in [0.2, 0.25) is 0 Å².